The van der Waals surface area contributed by atoms with Crippen LogP contribution in [0, 0.1) is 46.3 Å². The Morgan fingerprint density at radius 3 is 2.56 bits per heavy atom. The van der Waals surface area contributed by atoms with Crippen molar-refractivity contribution >= 4 is 17.5 Å². The lowest BCUT2D eigenvalue weighted by molar-refractivity contribution is -0.170. The predicted molar refractivity (Wildman–Crippen MR) is 122 cm³/mol. The van der Waals surface area contributed by atoms with Crippen molar-refractivity contribution in [3.05, 3.63) is 0 Å². The molecule has 0 radical (unpaired) electrons. The van der Waals surface area contributed by atoms with Crippen LogP contribution in [0.5, 0.6) is 0 Å². The lowest BCUT2D eigenvalue weighted by Gasteiger charge is -2.59. The molecule has 4 aliphatic carbocycles. The van der Waals surface area contributed by atoms with Crippen molar-refractivity contribution in [2.75, 3.05) is 13.7 Å². The zero-order valence-electron chi connectivity index (χ0n) is 20.7. The molecule has 0 heterocycles. The van der Waals surface area contributed by atoms with Gasteiger partial charge in [0.1, 0.15) is 11.6 Å². The molecule has 4 aliphatic rings. The van der Waals surface area contributed by atoms with Crippen molar-refractivity contribution in [1.29, 1.82) is 0 Å². The van der Waals surface area contributed by atoms with Crippen molar-refractivity contribution in [3.8, 4) is 0 Å². The molecule has 0 saturated heterocycles. The molecule has 4 rings (SSSR count). The van der Waals surface area contributed by atoms with Gasteiger partial charge in [0.25, 0.3) is 0 Å². The first-order chi connectivity index (χ1) is 15.2. The number of ketones is 2. The fraction of sp³-hybridized carbons (Fsp3) is 0.889. The lowest BCUT2D eigenvalue weighted by Crippen LogP contribution is -2.60. The summed E-state index contributed by atoms with van der Waals surface area (Å²) in [5, 5.41) is 0. The number of fused-ring (bicyclic) bond motifs is 5. The van der Waals surface area contributed by atoms with E-state index in [2.05, 4.69) is 20.8 Å². The van der Waals surface area contributed by atoms with Crippen molar-refractivity contribution in [3.63, 3.8) is 0 Å². The number of carbonyl (C=O) groups is 3. The third-order valence-electron chi connectivity index (χ3n) is 10.5. The van der Waals surface area contributed by atoms with E-state index in [1.807, 2.05) is 6.92 Å². The average molecular weight is 447 g/mol. The molecule has 0 aromatic heterocycles. The number of hydrogen-bond acceptors (Lipinski definition) is 5. The zero-order chi connectivity index (χ0) is 23.3. The summed E-state index contributed by atoms with van der Waals surface area (Å²) < 4.78 is 10.8. The maximum Gasteiger partial charge on any atom is 0.305 e. The molecule has 0 aliphatic heterocycles. The van der Waals surface area contributed by atoms with Gasteiger partial charge in [0.15, 0.2) is 0 Å². The summed E-state index contributed by atoms with van der Waals surface area (Å²) in [6.45, 7) is 9.46. The van der Waals surface area contributed by atoms with Crippen LogP contribution >= 0.6 is 0 Å². The minimum atomic E-state index is -0.432. The van der Waals surface area contributed by atoms with Gasteiger partial charge in [-0.2, -0.15) is 0 Å². The molecule has 5 nitrogen and oxygen atoms in total. The zero-order valence-corrected chi connectivity index (χ0v) is 20.7. The first kappa shape index (κ1) is 23.9. The van der Waals surface area contributed by atoms with E-state index in [1.165, 1.54) is 7.11 Å². The largest absolute Gasteiger partial charge is 0.469 e. The standard InChI is InChI=1S/C27H42O5/c1-6-32-18-11-12-26(3)17(13-18)14-22(28)25-20-9-8-19(16(2)7-10-24(30)31-5)27(20,4)23(29)15-21(25)26/h16-21,25H,6-15H2,1-5H3/t16-,17+,18-,19-,20+,21+,25+,26+,27-/m1/s1. The first-order valence-electron chi connectivity index (χ1n) is 12.9. The normalized spacial score (nSPS) is 44.4. The van der Waals surface area contributed by atoms with E-state index in [1.54, 1.807) is 0 Å². The molecule has 4 fully saturated rings. The Kier molecular flexibility index (Phi) is 6.61. The van der Waals surface area contributed by atoms with Gasteiger partial charge in [-0.15, -0.1) is 0 Å². The Bertz CT molecular complexity index is 761. The second kappa shape index (κ2) is 8.85. The smallest absolute Gasteiger partial charge is 0.305 e. The van der Waals surface area contributed by atoms with Gasteiger partial charge in [-0.3, -0.25) is 14.4 Å². The molecule has 0 amide bonds. The quantitative estimate of drug-likeness (QED) is 0.537. The van der Waals surface area contributed by atoms with E-state index in [-0.39, 0.29) is 47.1 Å². The maximum absolute atomic E-state index is 13.8. The number of Topliss-reactive ketones (excluding diaryl/α,β-unsaturated/α-hetero) is 2. The van der Waals surface area contributed by atoms with E-state index in [4.69, 9.17) is 9.47 Å². The van der Waals surface area contributed by atoms with E-state index in [0.29, 0.717) is 36.7 Å². The average Bonchev–Trinajstić information content (AvgIpc) is 3.12. The Hall–Kier alpha value is -1.23. The Balaban J connectivity index is 1.56. The minimum Gasteiger partial charge on any atom is -0.469 e. The molecule has 4 saturated carbocycles. The minimum absolute atomic E-state index is 0.0281. The summed E-state index contributed by atoms with van der Waals surface area (Å²) in [5.41, 5.74) is -0.365. The highest BCUT2D eigenvalue weighted by atomic mass is 16.5. The third-order valence-corrected chi connectivity index (χ3v) is 10.5. The second-order valence-corrected chi connectivity index (χ2v) is 11.6. The van der Waals surface area contributed by atoms with Crippen LogP contribution in [0.4, 0.5) is 0 Å². The summed E-state index contributed by atoms with van der Waals surface area (Å²) in [5.74, 6) is 1.83. The number of esters is 1. The fourth-order valence-electron chi connectivity index (χ4n) is 8.59. The molecular weight excluding hydrogens is 404 g/mol. The topological polar surface area (TPSA) is 69.7 Å². The fourth-order valence-corrected chi connectivity index (χ4v) is 8.59. The summed E-state index contributed by atoms with van der Waals surface area (Å²) in [6.07, 6.45) is 7.63. The molecule has 9 atom stereocenters. The molecule has 180 valence electrons. The van der Waals surface area contributed by atoms with Crippen molar-refractivity contribution in [2.45, 2.75) is 91.6 Å². The molecule has 5 heteroatoms. The summed E-state index contributed by atoms with van der Waals surface area (Å²) in [4.78, 5) is 39.1. The summed E-state index contributed by atoms with van der Waals surface area (Å²) in [6, 6.07) is 0. The Labute approximate surface area is 193 Å². The molecule has 0 spiro atoms. The third kappa shape index (κ3) is 3.67. The molecule has 0 unspecified atom stereocenters. The van der Waals surface area contributed by atoms with Crippen molar-refractivity contribution < 1.29 is 23.9 Å². The first-order valence-corrected chi connectivity index (χ1v) is 12.9. The van der Waals surface area contributed by atoms with Crippen LogP contribution in [-0.4, -0.2) is 37.4 Å². The van der Waals surface area contributed by atoms with Crippen LogP contribution in [0.1, 0.15) is 85.5 Å². The highest BCUT2D eigenvalue weighted by Gasteiger charge is 2.66. The monoisotopic (exact) mass is 446 g/mol. The van der Waals surface area contributed by atoms with Crippen LogP contribution in [0.15, 0.2) is 0 Å². The molecule has 32 heavy (non-hydrogen) atoms. The highest BCUT2D eigenvalue weighted by Crippen LogP contribution is 2.66. The van der Waals surface area contributed by atoms with Gasteiger partial charge < -0.3 is 9.47 Å². The van der Waals surface area contributed by atoms with Crippen LogP contribution in [-0.2, 0) is 23.9 Å². The molecule has 0 bridgehead atoms. The second-order valence-electron chi connectivity index (χ2n) is 11.6. The van der Waals surface area contributed by atoms with Crippen LogP contribution in [0.2, 0.25) is 0 Å². The Morgan fingerprint density at radius 1 is 1.12 bits per heavy atom. The Morgan fingerprint density at radius 2 is 1.88 bits per heavy atom. The predicted octanol–water partition coefficient (Wildman–Crippen LogP) is 5.00. The van der Waals surface area contributed by atoms with E-state index in [0.717, 1.165) is 45.1 Å². The van der Waals surface area contributed by atoms with Crippen LogP contribution < -0.4 is 0 Å². The maximum atomic E-state index is 13.8. The number of hydrogen-bond donors (Lipinski definition) is 0. The number of ether oxygens (including phenoxy) is 2. The van der Waals surface area contributed by atoms with E-state index < -0.39 is 5.41 Å². The highest BCUT2D eigenvalue weighted by molar-refractivity contribution is 5.92. The van der Waals surface area contributed by atoms with Gasteiger partial charge in [-0.05, 0) is 80.5 Å². The number of carbonyl (C=O) groups excluding carboxylic acids is 3. The molecule has 0 N–H and O–H groups in total. The number of rotatable bonds is 6. The molecule has 0 aromatic rings. The number of methoxy groups -OCH3 is 1. The molecular formula is C27H42O5. The van der Waals surface area contributed by atoms with Gasteiger partial charge in [-0.1, -0.05) is 20.8 Å². The summed E-state index contributed by atoms with van der Waals surface area (Å²) in [7, 11) is 1.43. The van der Waals surface area contributed by atoms with E-state index in [9.17, 15) is 14.4 Å². The SMILES string of the molecule is CCO[C@@H]1CC[C@@]2(C)[C@H](CC(=O)[C@@H]3[C@@H]2CC(=O)[C@]2(C)[C@@H]([C@H](C)CCC(=O)OC)CC[C@@H]32)C1. The van der Waals surface area contributed by atoms with Gasteiger partial charge in [-0.25, -0.2) is 0 Å². The lowest BCUT2D eigenvalue weighted by atomic mass is 9.43. The van der Waals surface area contributed by atoms with Crippen LogP contribution in [0.3, 0.4) is 0 Å². The van der Waals surface area contributed by atoms with Crippen molar-refractivity contribution in [1.82, 2.24) is 0 Å². The molecule has 0 aromatic carbocycles. The van der Waals surface area contributed by atoms with Gasteiger partial charge in [0.2, 0.25) is 0 Å². The van der Waals surface area contributed by atoms with Gasteiger partial charge >= 0.3 is 5.97 Å². The van der Waals surface area contributed by atoms with Gasteiger partial charge in [0, 0.05) is 37.2 Å². The van der Waals surface area contributed by atoms with Crippen LogP contribution in [0.25, 0.3) is 0 Å². The van der Waals surface area contributed by atoms with Gasteiger partial charge in [0.05, 0.1) is 13.2 Å². The van der Waals surface area contributed by atoms with Crippen molar-refractivity contribution in [2.24, 2.45) is 46.3 Å². The van der Waals surface area contributed by atoms with E-state index >= 15 is 0 Å². The summed E-state index contributed by atoms with van der Waals surface area (Å²) >= 11 is 0.